The number of amides is 1. The summed E-state index contributed by atoms with van der Waals surface area (Å²) < 4.78 is 0. The molecule has 1 aromatic rings. The number of carbonyl (C=O) groups excluding carboxylic acids is 1. The zero-order valence-corrected chi connectivity index (χ0v) is 9.05. The Bertz CT molecular complexity index is 412. The second-order valence-electron chi connectivity index (χ2n) is 3.52. The van der Waals surface area contributed by atoms with E-state index in [1.54, 1.807) is 0 Å². The van der Waals surface area contributed by atoms with Crippen LogP contribution in [0.25, 0.3) is 6.08 Å². The summed E-state index contributed by atoms with van der Waals surface area (Å²) in [7, 11) is 0. The van der Waals surface area contributed by atoms with Crippen molar-refractivity contribution in [1.29, 1.82) is 0 Å². The van der Waals surface area contributed by atoms with Crippen LogP contribution in [0.3, 0.4) is 0 Å². The van der Waals surface area contributed by atoms with Gasteiger partial charge in [-0.05, 0) is 29.7 Å². The fraction of sp³-hybridized carbons (Fsp3) is 0.250. The molecule has 1 aliphatic rings. The molecule has 2 nitrogen and oxygen atoms in total. The van der Waals surface area contributed by atoms with Gasteiger partial charge < -0.3 is 5.32 Å². The van der Waals surface area contributed by atoms with Gasteiger partial charge in [0.15, 0.2) is 0 Å². The van der Waals surface area contributed by atoms with E-state index in [0.717, 1.165) is 23.2 Å². The lowest BCUT2D eigenvalue weighted by Gasteiger charge is -1.99. The van der Waals surface area contributed by atoms with Crippen molar-refractivity contribution in [3.05, 3.63) is 35.4 Å². The summed E-state index contributed by atoms with van der Waals surface area (Å²) in [5.41, 5.74) is 3.14. The van der Waals surface area contributed by atoms with E-state index < -0.39 is 0 Å². The predicted molar refractivity (Wildman–Crippen MR) is 63.1 cm³/mol. The highest BCUT2D eigenvalue weighted by Crippen LogP contribution is 2.24. The van der Waals surface area contributed by atoms with E-state index in [4.69, 9.17) is 11.6 Å². The van der Waals surface area contributed by atoms with Gasteiger partial charge in [-0.2, -0.15) is 0 Å². The quantitative estimate of drug-likeness (QED) is 0.782. The molecule has 0 radical (unpaired) electrons. The third-order valence-corrected chi connectivity index (χ3v) is 2.56. The topological polar surface area (TPSA) is 29.1 Å². The number of fused-ring (bicyclic) bond motifs is 1. The molecule has 0 spiro atoms. The normalized spacial score (nSPS) is 14.3. The Hall–Kier alpha value is -1.28. The van der Waals surface area contributed by atoms with Crippen molar-refractivity contribution in [2.24, 2.45) is 0 Å². The molecule has 0 saturated heterocycles. The highest BCUT2D eigenvalue weighted by molar-refractivity contribution is 6.17. The second-order valence-corrected chi connectivity index (χ2v) is 3.90. The van der Waals surface area contributed by atoms with E-state index in [-0.39, 0.29) is 5.91 Å². The van der Waals surface area contributed by atoms with Gasteiger partial charge in [-0.1, -0.05) is 18.2 Å². The van der Waals surface area contributed by atoms with Crippen LogP contribution in [0.2, 0.25) is 0 Å². The van der Waals surface area contributed by atoms with Crippen LogP contribution in [0.15, 0.2) is 24.3 Å². The molecule has 0 unspecified atom stereocenters. The van der Waals surface area contributed by atoms with Gasteiger partial charge >= 0.3 is 0 Å². The molecule has 1 heterocycles. The Morgan fingerprint density at radius 2 is 2.33 bits per heavy atom. The molecule has 0 atom stereocenters. The van der Waals surface area contributed by atoms with E-state index in [0.29, 0.717) is 12.3 Å². The van der Waals surface area contributed by atoms with Crippen LogP contribution in [0.4, 0.5) is 5.69 Å². The molecule has 1 amide bonds. The SMILES string of the molecule is O=C1Cc2cc(C=CCCCl)ccc2N1. The average Bonchev–Trinajstić information content (AvgIpc) is 2.57. The molecule has 1 aliphatic heterocycles. The van der Waals surface area contributed by atoms with Crippen LogP contribution < -0.4 is 5.32 Å². The maximum atomic E-state index is 11.1. The van der Waals surface area contributed by atoms with Crippen molar-refractivity contribution in [1.82, 2.24) is 0 Å². The second kappa shape index (κ2) is 4.49. The number of carbonyl (C=O) groups is 1. The molecule has 2 rings (SSSR count). The Kier molecular flexibility index (Phi) is 3.07. The summed E-state index contributed by atoms with van der Waals surface area (Å²) in [6.07, 6.45) is 5.44. The monoisotopic (exact) mass is 221 g/mol. The highest BCUT2D eigenvalue weighted by atomic mass is 35.5. The zero-order chi connectivity index (χ0) is 10.7. The van der Waals surface area contributed by atoms with Crippen LogP contribution in [0, 0.1) is 0 Å². The van der Waals surface area contributed by atoms with E-state index in [9.17, 15) is 4.79 Å². The molecule has 3 heteroatoms. The number of nitrogens with one attached hydrogen (secondary N) is 1. The van der Waals surface area contributed by atoms with Crippen LogP contribution in [-0.4, -0.2) is 11.8 Å². The zero-order valence-electron chi connectivity index (χ0n) is 8.29. The molecule has 0 aromatic heterocycles. The van der Waals surface area contributed by atoms with Crippen molar-refractivity contribution in [3.63, 3.8) is 0 Å². The minimum atomic E-state index is 0.0758. The molecule has 0 saturated carbocycles. The smallest absolute Gasteiger partial charge is 0.228 e. The van der Waals surface area contributed by atoms with E-state index in [2.05, 4.69) is 5.32 Å². The number of anilines is 1. The predicted octanol–water partition coefficient (Wildman–Crippen LogP) is 2.82. The fourth-order valence-electron chi connectivity index (χ4n) is 1.64. The first-order valence-corrected chi connectivity index (χ1v) is 5.48. The summed E-state index contributed by atoms with van der Waals surface area (Å²) in [4.78, 5) is 11.1. The molecular weight excluding hydrogens is 210 g/mol. The molecule has 0 bridgehead atoms. The summed E-state index contributed by atoms with van der Waals surface area (Å²) in [5, 5.41) is 2.81. The largest absolute Gasteiger partial charge is 0.326 e. The van der Waals surface area contributed by atoms with Gasteiger partial charge in [-0.3, -0.25) is 4.79 Å². The summed E-state index contributed by atoms with van der Waals surface area (Å²) in [6.45, 7) is 0. The molecular formula is C12H12ClNO. The number of halogens is 1. The summed E-state index contributed by atoms with van der Waals surface area (Å²) >= 11 is 5.57. The van der Waals surface area contributed by atoms with Crippen molar-refractivity contribution in [2.45, 2.75) is 12.8 Å². The lowest BCUT2D eigenvalue weighted by atomic mass is 10.1. The van der Waals surface area contributed by atoms with Crippen LogP contribution in [0.1, 0.15) is 17.5 Å². The lowest BCUT2D eigenvalue weighted by molar-refractivity contribution is -0.115. The summed E-state index contributed by atoms with van der Waals surface area (Å²) in [6, 6.07) is 5.98. The Morgan fingerprint density at radius 1 is 1.47 bits per heavy atom. The van der Waals surface area contributed by atoms with E-state index in [1.165, 1.54) is 0 Å². The standard InChI is InChI=1S/C12H12ClNO/c13-6-2-1-3-9-4-5-11-10(7-9)8-12(15)14-11/h1,3-5,7H,2,6,8H2,(H,14,15). The van der Waals surface area contributed by atoms with Crippen molar-refractivity contribution < 1.29 is 4.79 Å². The van der Waals surface area contributed by atoms with Crippen LogP contribution in [-0.2, 0) is 11.2 Å². The number of allylic oxidation sites excluding steroid dienone is 1. The molecule has 0 aliphatic carbocycles. The first kappa shape index (κ1) is 10.2. The lowest BCUT2D eigenvalue weighted by Crippen LogP contribution is -2.03. The molecule has 0 fully saturated rings. The number of rotatable bonds is 3. The third-order valence-electron chi connectivity index (χ3n) is 2.34. The van der Waals surface area contributed by atoms with Gasteiger partial charge in [0.25, 0.3) is 0 Å². The highest BCUT2D eigenvalue weighted by Gasteiger charge is 2.16. The first-order valence-electron chi connectivity index (χ1n) is 4.95. The summed E-state index contributed by atoms with van der Waals surface area (Å²) in [5.74, 6) is 0.716. The van der Waals surface area contributed by atoms with Gasteiger partial charge in [0.2, 0.25) is 5.91 Å². The Balaban J connectivity index is 2.16. The van der Waals surface area contributed by atoms with Gasteiger partial charge in [0.1, 0.15) is 0 Å². The van der Waals surface area contributed by atoms with Crippen molar-refractivity contribution >= 4 is 29.3 Å². The van der Waals surface area contributed by atoms with Crippen LogP contribution in [0.5, 0.6) is 0 Å². The van der Waals surface area contributed by atoms with E-state index in [1.807, 2.05) is 30.4 Å². The van der Waals surface area contributed by atoms with Crippen molar-refractivity contribution in [3.8, 4) is 0 Å². The van der Waals surface area contributed by atoms with Gasteiger partial charge in [-0.25, -0.2) is 0 Å². The molecule has 1 N–H and O–H groups in total. The fourth-order valence-corrected chi connectivity index (χ4v) is 1.76. The maximum Gasteiger partial charge on any atom is 0.228 e. The minimum absolute atomic E-state index is 0.0758. The van der Waals surface area contributed by atoms with Gasteiger partial charge in [0, 0.05) is 11.6 Å². The number of hydrogen-bond acceptors (Lipinski definition) is 1. The van der Waals surface area contributed by atoms with Crippen molar-refractivity contribution in [2.75, 3.05) is 11.2 Å². The van der Waals surface area contributed by atoms with Gasteiger partial charge in [-0.15, -0.1) is 11.6 Å². The van der Waals surface area contributed by atoms with E-state index >= 15 is 0 Å². The number of benzene rings is 1. The number of hydrogen-bond donors (Lipinski definition) is 1. The minimum Gasteiger partial charge on any atom is -0.326 e. The molecule has 78 valence electrons. The van der Waals surface area contributed by atoms with Gasteiger partial charge in [0.05, 0.1) is 6.42 Å². The number of alkyl halides is 1. The molecule has 1 aromatic carbocycles. The maximum absolute atomic E-state index is 11.1. The first-order chi connectivity index (χ1) is 7.29. The van der Waals surface area contributed by atoms with Crippen LogP contribution >= 0.6 is 11.6 Å². The molecule has 15 heavy (non-hydrogen) atoms. The Morgan fingerprint density at radius 3 is 3.13 bits per heavy atom. The Labute approximate surface area is 93.9 Å². The third kappa shape index (κ3) is 2.39. The average molecular weight is 222 g/mol.